The smallest absolute Gasteiger partial charge is 0.153 e. The normalized spacial score (nSPS) is 15.2. The van der Waals surface area contributed by atoms with Gasteiger partial charge >= 0.3 is 0 Å². The molecule has 3 nitrogen and oxygen atoms in total. The van der Waals surface area contributed by atoms with Gasteiger partial charge in [0.1, 0.15) is 0 Å². The van der Waals surface area contributed by atoms with Crippen molar-refractivity contribution < 1.29 is 0 Å². The van der Waals surface area contributed by atoms with Gasteiger partial charge in [0, 0.05) is 18.6 Å². The SMILES string of the molecule is C1=CC=C(c2ncc[nH]2)NC=C1. The highest BCUT2D eigenvalue weighted by Crippen LogP contribution is 2.06. The molecule has 1 aromatic rings. The fourth-order valence-corrected chi connectivity index (χ4v) is 1.02. The Bertz CT molecular complexity index is 331. The predicted octanol–water partition coefficient (Wildman–Crippen LogP) is 1.42. The first kappa shape index (κ1) is 6.91. The molecule has 0 unspecified atom stereocenters. The zero-order valence-corrected chi connectivity index (χ0v) is 6.49. The van der Waals surface area contributed by atoms with Crippen molar-refractivity contribution in [3.63, 3.8) is 0 Å². The van der Waals surface area contributed by atoms with Crippen LogP contribution in [0.15, 0.2) is 42.9 Å². The van der Waals surface area contributed by atoms with Gasteiger partial charge in [-0.3, -0.25) is 0 Å². The fourth-order valence-electron chi connectivity index (χ4n) is 1.02. The Labute approximate surface area is 70.5 Å². The van der Waals surface area contributed by atoms with Crippen LogP contribution in [0, 0.1) is 0 Å². The molecule has 0 fully saturated rings. The molecule has 2 rings (SSSR count). The van der Waals surface area contributed by atoms with Crippen LogP contribution >= 0.6 is 0 Å². The number of allylic oxidation sites excluding steroid dienone is 4. The van der Waals surface area contributed by atoms with E-state index in [1.54, 1.807) is 12.4 Å². The summed E-state index contributed by atoms with van der Waals surface area (Å²) < 4.78 is 0. The van der Waals surface area contributed by atoms with Gasteiger partial charge in [-0.25, -0.2) is 4.98 Å². The molecule has 60 valence electrons. The molecule has 0 amide bonds. The first-order chi connectivity index (χ1) is 5.97. The van der Waals surface area contributed by atoms with Gasteiger partial charge in [-0.2, -0.15) is 0 Å². The number of aromatic nitrogens is 2. The quantitative estimate of drug-likeness (QED) is 0.650. The summed E-state index contributed by atoms with van der Waals surface area (Å²) in [6.45, 7) is 0. The molecular weight excluding hydrogens is 150 g/mol. The molecule has 0 aliphatic carbocycles. The Kier molecular flexibility index (Phi) is 1.78. The minimum atomic E-state index is 0.853. The first-order valence-corrected chi connectivity index (χ1v) is 3.76. The monoisotopic (exact) mass is 159 g/mol. The van der Waals surface area contributed by atoms with E-state index in [1.807, 2.05) is 30.5 Å². The fraction of sp³-hybridized carbons (Fsp3) is 0. The van der Waals surface area contributed by atoms with Crippen LogP contribution < -0.4 is 5.32 Å². The second-order valence-corrected chi connectivity index (χ2v) is 2.41. The van der Waals surface area contributed by atoms with Gasteiger partial charge in [-0.05, 0) is 12.2 Å². The largest absolute Gasteiger partial charge is 0.359 e. The molecule has 3 heteroatoms. The number of hydrogen-bond donors (Lipinski definition) is 2. The Balaban J connectivity index is 2.30. The molecule has 12 heavy (non-hydrogen) atoms. The van der Waals surface area contributed by atoms with Crippen molar-refractivity contribution in [3.05, 3.63) is 48.7 Å². The lowest BCUT2D eigenvalue weighted by atomic mass is 10.3. The number of hydrogen-bond acceptors (Lipinski definition) is 2. The van der Waals surface area contributed by atoms with Crippen LogP contribution in [0.25, 0.3) is 5.70 Å². The van der Waals surface area contributed by atoms with Crippen LogP contribution in [0.5, 0.6) is 0 Å². The molecule has 0 atom stereocenters. The third kappa shape index (κ3) is 1.29. The van der Waals surface area contributed by atoms with E-state index in [9.17, 15) is 0 Å². The van der Waals surface area contributed by atoms with E-state index >= 15 is 0 Å². The van der Waals surface area contributed by atoms with Crippen molar-refractivity contribution in [2.45, 2.75) is 0 Å². The number of aromatic amines is 1. The van der Waals surface area contributed by atoms with Crippen molar-refractivity contribution in [1.29, 1.82) is 0 Å². The lowest BCUT2D eigenvalue weighted by Crippen LogP contribution is -2.03. The Hall–Kier alpha value is -1.77. The number of nitrogens with one attached hydrogen (secondary N) is 2. The highest BCUT2D eigenvalue weighted by Gasteiger charge is 2.00. The Morgan fingerprint density at radius 3 is 3.00 bits per heavy atom. The zero-order valence-electron chi connectivity index (χ0n) is 6.49. The van der Waals surface area contributed by atoms with E-state index in [1.165, 1.54) is 0 Å². The average Bonchev–Trinajstić information content (AvgIpc) is 2.48. The lowest BCUT2D eigenvalue weighted by molar-refractivity contribution is 1.13. The van der Waals surface area contributed by atoms with Crippen LogP contribution in [-0.2, 0) is 0 Å². The average molecular weight is 159 g/mol. The second-order valence-electron chi connectivity index (χ2n) is 2.41. The maximum atomic E-state index is 4.13. The molecule has 0 saturated heterocycles. The second kappa shape index (κ2) is 3.09. The van der Waals surface area contributed by atoms with Crippen LogP contribution in [0.4, 0.5) is 0 Å². The summed E-state index contributed by atoms with van der Waals surface area (Å²) >= 11 is 0. The summed E-state index contributed by atoms with van der Waals surface area (Å²) in [5.74, 6) is 0.853. The van der Waals surface area contributed by atoms with E-state index < -0.39 is 0 Å². The van der Waals surface area contributed by atoms with Gasteiger partial charge in [0.15, 0.2) is 5.82 Å². The Morgan fingerprint density at radius 1 is 1.17 bits per heavy atom. The van der Waals surface area contributed by atoms with Crippen LogP contribution in [-0.4, -0.2) is 9.97 Å². The maximum absolute atomic E-state index is 4.13. The summed E-state index contributed by atoms with van der Waals surface area (Å²) in [6.07, 6.45) is 13.2. The molecular formula is C9H9N3. The molecule has 1 aliphatic rings. The van der Waals surface area contributed by atoms with Crippen LogP contribution in [0.2, 0.25) is 0 Å². The van der Waals surface area contributed by atoms with Gasteiger partial charge in [-0.15, -0.1) is 0 Å². The zero-order chi connectivity index (χ0) is 8.23. The maximum Gasteiger partial charge on any atom is 0.153 e. The first-order valence-electron chi connectivity index (χ1n) is 3.76. The van der Waals surface area contributed by atoms with Gasteiger partial charge in [0.2, 0.25) is 0 Å². The minimum absolute atomic E-state index is 0.853. The number of rotatable bonds is 1. The minimum Gasteiger partial charge on any atom is -0.359 e. The summed E-state index contributed by atoms with van der Waals surface area (Å²) in [6, 6.07) is 0. The molecule has 0 bridgehead atoms. The van der Waals surface area contributed by atoms with Crippen molar-refractivity contribution in [3.8, 4) is 0 Å². The number of H-pyrrole nitrogens is 1. The van der Waals surface area contributed by atoms with Crippen molar-refractivity contribution in [2.24, 2.45) is 0 Å². The van der Waals surface area contributed by atoms with Crippen molar-refractivity contribution in [1.82, 2.24) is 15.3 Å². The van der Waals surface area contributed by atoms with E-state index in [0.717, 1.165) is 11.5 Å². The molecule has 2 N–H and O–H groups in total. The third-order valence-electron chi connectivity index (χ3n) is 1.57. The van der Waals surface area contributed by atoms with Crippen molar-refractivity contribution in [2.75, 3.05) is 0 Å². The summed E-state index contributed by atoms with van der Waals surface area (Å²) in [7, 11) is 0. The van der Waals surface area contributed by atoms with Crippen LogP contribution in [0.1, 0.15) is 5.82 Å². The molecule has 0 aromatic carbocycles. The van der Waals surface area contributed by atoms with Gasteiger partial charge in [-0.1, -0.05) is 12.2 Å². The highest BCUT2D eigenvalue weighted by molar-refractivity contribution is 5.61. The van der Waals surface area contributed by atoms with Crippen molar-refractivity contribution >= 4 is 5.70 Å². The summed E-state index contributed by atoms with van der Waals surface area (Å²) in [5.41, 5.74) is 0.977. The van der Waals surface area contributed by atoms with E-state index in [2.05, 4.69) is 15.3 Å². The van der Waals surface area contributed by atoms with E-state index in [4.69, 9.17) is 0 Å². The van der Waals surface area contributed by atoms with Crippen LogP contribution in [0.3, 0.4) is 0 Å². The van der Waals surface area contributed by atoms with Gasteiger partial charge in [0.05, 0.1) is 5.70 Å². The number of imidazole rings is 1. The summed E-state index contributed by atoms with van der Waals surface area (Å²) in [4.78, 5) is 7.15. The standard InChI is InChI=1S/C9H9N3/c1-2-4-8(10-5-3-1)9-11-6-7-12-9/h1-7,10H,(H,11,12). The van der Waals surface area contributed by atoms with E-state index in [-0.39, 0.29) is 0 Å². The summed E-state index contributed by atoms with van der Waals surface area (Å²) in [5, 5.41) is 3.11. The van der Waals surface area contributed by atoms with Gasteiger partial charge in [0.25, 0.3) is 0 Å². The molecule has 0 radical (unpaired) electrons. The molecule has 1 aliphatic heterocycles. The topological polar surface area (TPSA) is 40.7 Å². The molecule has 1 aromatic heterocycles. The third-order valence-corrected chi connectivity index (χ3v) is 1.57. The molecule has 0 saturated carbocycles. The lowest BCUT2D eigenvalue weighted by Gasteiger charge is -2.00. The number of nitrogens with zero attached hydrogens (tertiary/aromatic N) is 1. The highest BCUT2D eigenvalue weighted by atomic mass is 15.0. The predicted molar refractivity (Wildman–Crippen MR) is 48.0 cm³/mol. The Morgan fingerprint density at radius 2 is 2.17 bits per heavy atom. The van der Waals surface area contributed by atoms with E-state index in [0.29, 0.717) is 0 Å². The van der Waals surface area contributed by atoms with Gasteiger partial charge < -0.3 is 10.3 Å². The molecule has 2 heterocycles. The molecule has 0 spiro atoms.